The van der Waals surface area contributed by atoms with E-state index in [9.17, 15) is 14.9 Å². The topological polar surface area (TPSA) is 85.4 Å². The maximum absolute atomic E-state index is 12.3. The monoisotopic (exact) mass is 390 g/mol. The van der Waals surface area contributed by atoms with Crippen LogP contribution in [0.3, 0.4) is 0 Å². The largest absolute Gasteiger partial charge is 0.451 e. The Labute approximate surface area is 158 Å². The fourth-order valence-electron chi connectivity index (χ4n) is 2.46. The third-order valence-electron chi connectivity index (χ3n) is 3.64. The van der Waals surface area contributed by atoms with E-state index in [1.165, 1.54) is 18.2 Å². The number of carbonyl (C=O) groups excluding carboxylic acids is 1. The number of nitrogens with one attached hydrogen (secondary N) is 1. The second kappa shape index (κ2) is 7.19. The van der Waals surface area contributed by atoms with Gasteiger partial charge in [-0.25, -0.2) is 0 Å². The first-order valence-electron chi connectivity index (χ1n) is 7.46. The van der Waals surface area contributed by atoms with Gasteiger partial charge in [-0.15, -0.1) is 0 Å². The molecule has 3 rings (SSSR count). The van der Waals surface area contributed by atoms with Crippen molar-refractivity contribution in [2.24, 2.45) is 0 Å². The molecule has 1 N–H and O–H groups in total. The summed E-state index contributed by atoms with van der Waals surface area (Å²) < 4.78 is 5.60. The van der Waals surface area contributed by atoms with Crippen molar-refractivity contribution in [2.45, 2.75) is 6.92 Å². The fraction of sp³-hybridized carbons (Fsp3) is 0.0556. The first-order chi connectivity index (χ1) is 12.3. The molecule has 8 heteroatoms. The predicted molar refractivity (Wildman–Crippen MR) is 100.0 cm³/mol. The number of rotatable bonds is 4. The SMILES string of the molecule is Cc1cc([N+](=O)[O-])ccc1-c1ccc(C(=O)Nc2cc(Cl)cc(Cl)c2)o1. The number of halogens is 2. The van der Waals surface area contributed by atoms with E-state index in [2.05, 4.69) is 5.32 Å². The van der Waals surface area contributed by atoms with Gasteiger partial charge in [0.2, 0.25) is 0 Å². The summed E-state index contributed by atoms with van der Waals surface area (Å²) in [7, 11) is 0. The van der Waals surface area contributed by atoms with Crippen molar-refractivity contribution in [1.29, 1.82) is 0 Å². The maximum Gasteiger partial charge on any atom is 0.291 e. The van der Waals surface area contributed by atoms with E-state index in [0.29, 0.717) is 32.6 Å². The quantitative estimate of drug-likeness (QED) is 0.455. The van der Waals surface area contributed by atoms with Gasteiger partial charge in [-0.05, 0) is 48.9 Å². The van der Waals surface area contributed by atoms with Gasteiger partial charge in [0.1, 0.15) is 5.76 Å². The molecule has 0 spiro atoms. The van der Waals surface area contributed by atoms with E-state index in [1.807, 2.05) is 0 Å². The molecular weight excluding hydrogens is 379 g/mol. The van der Waals surface area contributed by atoms with Crippen molar-refractivity contribution < 1.29 is 14.1 Å². The van der Waals surface area contributed by atoms with Gasteiger partial charge < -0.3 is 9.73 Å². The molecule has 0 aliphatic rings. The number of nitro groups is 1. The Morgan fingerprint density at radius 2 is 1.77 bits per heavy atom. The molecule has 0 saturated carbocycles. The molecule has 132 valence electrons. The fourth-order valence-corrected chi connectivity index (χ4v) is 2.99. The van der Waals surface area contributed by atoms with Crippen LogP contribution in [-0.2, 0) is 0 Å². The van der Waals surface area contributed by atoms with Crippen molar-refractivity contribution in [2.75, 3.05) is 5.32 Å². The second-order valence-electron chi connectivity index (χ2n) is 5.53. The summed E-state index contributed by atoms with van der Waals surface area (Å²) in [5, 5.41) is 14.3. The van der Waals surface area contributed by atoms with Gasteiger partial charge in [0.05, 0.1) is 4.92 Å². The summed E-state index contributed by atoms with van der Waals surface area (Å²) in [6, 6.07) is 12.3. The maximum atomic E-state index is 12.3. The predicted octanol–water partition coefficient (Wildman–Crippen LogP) is 5.72. The molecule has 0 aliphatic heterocycles. The first kappa shape index (κ1) is 18.0. The molecule has 0 saturated heterocycles. The Hall–Kier alpha value is -2.83. The van der Waals surface area contributed by atoms with Crippen molar-refractivity contribution in [3.05, 3.63) is 80.0 Å². The van der Waals surface area contributed by atoms with E-state index in [0.717, 1.165) is 0 Å². The molecule has 0 unspecified atom stereocenters. The highest BCUT2D eigenvalue weighted by molar-refractivity contribution is 6.35. The van der Waals surface area contributed by atoms with Gasteiger partial charge in [0.25, 0.3) is 11.6 Å². The number of amides is 1. The van der Waals surface area contributed by atoms with Crippen molar-refractivity contribution in [3.8, 4) is 11.3 Å². The minimum absolute atomic E-state index is 0.00592. The van der Waals surface area contributed by atoms with Crippen LogP contribution in [0.5, 0.6) is 0 Å². The standard InChI is InChI=1S/C18H12Cl2N2O4/c1-10-6-14(22(24)25)2-3-15(10)16-4-5-17(26-16)18(23)21-13-8-11(19)7-12(20)9-13/h2-9H,1H3,(H,21,23). The molecule has 6 nitrogen and oxygen atoms in total. The highest BCUT2D eigenvalue weighted by Crippen LogP contribution is 2.29. The van der Waals surface area contributed by atoms with E-state index >= 15 is 0 Å². The third-order valence-corrected chi connectivity index (χ3v) is 4.07. The molecule has 3 aromatic rings. The van der Waals surface area contributed by atoms with Crippen LogP contribution < -0.4 is 5.32 Å². The van der Waals surface area contributed by atoms with E-state index in [1.54, 1.807) is 37.3 Å². The molecule has 26 heavy (non-hydrogen) atoms. The van der Waals surface area contributed by atoms with Crippen molar-refractivity contribution in [1.82, 2.24) is 0 Å². The molecule has 0 aliphatic carbocycles. The van der Waals surface area contributed by atoms with Gasteiger partial charge in [-0.2, -0.15) is 0 Å². The Morgan fingerprint density at radius 3 is 2.38 bits per heavy atom. The summed E-state index contributed by atoms with van der Waals surface area (Å²) in [5.41, 5.74) is 1.77. The van der Waals surface area contributed by atoms with Crippen LogP contribution in [-0.4, -0.2) is 10.8 Å². The highest BCUT2D eigenvalue weighted by Gasteiger charge is 2.16. The third kappa shape index (κ3) is 3.87. The minimum Gasteiger partial charge on any atom is -0.451 e. The number of non-ortho nitro benzene ring substituents is 1. The average Bonchev–Trinajstić information content (AvgIpc) is 3.03. The number of aryl methyl sites for hydroxylation is 1. The molecule has 0 bridgehead atoms. The van der Waals surface area contributed by atoms with Crippen LogP contribution in [0.15, 0.2) is 52.9 Å². The Balaban J connectivity index is 1.83. The van der Waals surface area contributed by atoms with E-state index in [-0.39, 0.29) is 11.4 Å². The van der Waals surface area contributed by atoms with Gasteiger partial charge in [-0.3, -0.25) is 14.9 Å². The zero-order valence-corrected chi connectivity index (χ0v) is 15.0. The van der Waals surface area contributed by atoms with Gasteiger partial charge in [0, 0.05) is 33.4 Å². The molecule has 2 aromatic carbocycles. The van der Waals surface area contributed by atoms with Crippen LogP contribution in [0.4, 0.5) is 11.4 Å². The molecular formula is C18H12Cl2N2O4. The van der Waals surface area contributed by atoms with Crippen LogP contribution >= 0.6 is 23.2 Å². The molecule has 1 heterocycles. The first-order valence-corrected chi connectivity index (χ1v) is 8.22. The lowest BCUT2D eigenvalue weighted by Gasteiger charge is -2.05. The molecule has 1 amide bonds. The summed E-state index contributed by atoms with van der Waals surface area (Å²) >= 11 is 11.8. The minimum atomic E-state index is -0.464. The summed E-state index contributed by atoms with van der Waals surface area (Å²) in [4.78, 5) is 22.7. The van der Waals surface area contributed by atoms with E-state index in [4.69, 9.17) is 27.6 Å². The zero-order valence-electron chi connectivity index (χ0n) is 13.5. The van der Waals surface area contributed by atoms with Gasteiger partial charge in [-0.1, -0.05) is 23.2 Å². The van der Waals surface area contributed by atoms with Crippen LogP contribution in [0, 0.1) is 17.0 Å². The normalized spacial score (nSPS) is 10.6. The number of furan rings is 1. The Bertz CT molecular complexity index is 994. The molecule has 1 aromatic heterocycles. The van der Waals surface area contributed by atoms with Crippen molar-refractivity contribution in [3.63, 3.8) is 0 Å². The van der Waals surface area contributed by atoms with Crippen molar-refractivity contribution >= 4 is 40.5 Å². The van der Waals surface area contributed by atoms with Gasteiger partial charge >= 0.3 is 0 Å². The molecule has 0 radical (unpaired) electrons. The molecule has 0 atom stereocenters. The Morgan fingerprint density at radius 1 is 1.08 bits per heavy atom. The average molecular weight is 391 g/mol. The van der Waals surface area contributed by atoms with Crippen LogP contribution in [0.2, 0.25) is 10.0 Å². The Kier molecular flexibility index (Phi) is 4.97. The lowest BCUT2D eigenvalue weighted by Crippen LogP contribution is -2.10. The number of nitrogens with zero attached hydrogens (tertiary/aromatic N) is 1. The number of anilines is 1. The lowest BCUT2D eigenvalue weighted by atomic mass is 10.1. The van der Waals surface area contributed by atoms with E-state index < -0.39 is 10.8 Å². The number of hydrogen-bond acceptors (Lipinski definition) is 4. The van der Waals surface area contributed by atoms with Crippen LogP contribution in [0.1, 0.15) is 16.1 Å². The zero-order chi connectivity index (χ0) is 18.8. The second-order valence-corrected chi connectivity index (χ2v) is 6.41. The summed E-state index contributed by atoms with van der Waals surface area (Å²) in [5.74, 6) is 0.0645. The number of benzene rings is 2. The van der Waals surface area contributed by atoms with Gasteiger partial charge in [0.15, 0.2) is 5.76 Å². The molecule has 0 fully saturated rings. The summed E-state index contributed by atoms with van der Waals surface area (Å²) in [6.07, 6.45) is 0. The summed E-state index contributed by atoms with van der Waals surface area (Å²) in [6.45, 7) is 1.73. The number of hydrogen-bond donors (Lipinski definition) is 1. The highest BCUT2D eigenvalue weighted by atomic mass is 35.5. The lowest BCUT2D eigenvalue weighted by molar-refractivity contribution is -0.384. The van der Waals surface area contributed by atoms with Crippen LogP contribution in [0.25, 0.3) is 11.3 Å². The number of carbonyl (C=O) groups is 1. The number of nitro benzene ring substituents is 1. The smallest absolute Gasteiger partial charge is 0.291 e.